The third-order valence-electron chi connectivity index (χ3n) is 13.1. The zero-order chi connectivity index (χ0) is 53.0. The predicted octanol–water partition coefficient (Wildman–Crippen LogP) is -13.1. The van der Waals surface area contributed by atoms with Crippen LogP contribution in [0.2, 0.25) is 0 Å². The maximum absolute atomic E-state index is 12.4. The molecule has 6 heterocycles. The first-order valence-corrected chi connectivity index (χ1v) is 23.0. The van der Waals surface area contributed by atoms with Gasteiger partial charge in [0.1, 0.15) is 140 Å². The summed E-state index contributed by atoms with van der Waals surface area (Å²) in [6.07, 6.45) is -49.5. The summed E-state index contributed by atoms with van der Waals surface area (Å²) in [6, 6.07) is -2.65. The van der Waals surface area contributed by atoms with Gasteiger partial charge in [0, 0.05) is 13.8 Å². The Kier molecular flexibility index (Phi) is 21.1. The molecule has 0 bridgehead atoms. The Morgan fingerprint density at radius 3 is 1.29 bits per heavy atom. The van der Waals surface area contributed by atoms with Crippen molar-refractivity contribution in [2.45, 2.75) is 192 Å². The van der Waals surface area contributed by atoms with Crippen molar-refractivity contribution >= 4 is 11.8 Å². The molecule has 2 amide bonds. The number of aliphatic hydroxyl groups excluding tert-OH is 17. The van der Waals surface area contributed by atoms with Crippen LogP contribution in [0, 0.1) is 0 Å². The van der Waals surface area contributed by atoms with E-state index in [1.54, 1.807) is 0 Å². The lowest BCUT2D eigenvalue weighted by Crippen LogP contribution is -2.69. The topological polar surface area (TPSA) is 504 Å². The van der Waals surface area contributed by atoms with Gasteiger partial charge < -0.3 is 150 Å². The van der Waals surface area contributed by atoms with Crippen LogP contribution in [0.1, 0.15) is 13.8 Å². The number of hydrogen-bond donors (Lipinski definition) is 19. The van der Waals surface area contributed by atoms with Gasteiger partial charge in [-0.2, -0.15) is 0 Å². The van der Waals surface area contributed by atoms with Gasteiger partial charge >= 0.3 is 0 Å². The van der Waals surface area contributed by atoms with E-state index in [2.05, 4.69) is 10.6 Å². The molecule has 418 valence electrons. The molecule has 0 aromatic carbocycles. The summed E-state index contributed by atoms with van der Waals surface area (Å²) >= 11 is 0. The Bertz CT molecular complexity index is 1710. The van der Waals surface area contributed by atoms with Gasteiger partial charge in [0.05, 0.1) is 52.3 Å². The second kappa shape index (κ2) is 25.8. The molecule has 32 heteroatoms. The SMILES string of the molecule is CC(=O)N[C@H]1[C@H](O[C@H]2[C@H](O)[C@@H](NC(C)=O)CO[C@@H]2CO)O[C@H](CO)[C@@H](O[C@@H]2O[C@H](CO[C@H]3O[C@H](CO)[C@@H](O)[C@H](O)[C@@H]3O[C@@H]3O[C@H](CO)[C@@H](O[C@@H]4O[C@H](CO)[C@@H](O)[C@H](O)[C@@H]4O)[C@H](O)[C@@H]3O)[C@@H](O)[C@H](O)[C@@H]2O)[C@@H]1O. The summed E-state index contributed by atoms with van der Waals surface area (Å²) in [5.74, 6) is -1.30. The van der Waals surface area contributed by atoms with Crippen molar-refractivity contribution < 1.29 is 149 Å². The van der Waals surface area contributed by atoms with Gasteiger partial charge in [-0.15, -0.1) is 0 Å². The van der Waals surface area contributed by atoms with Crippen molar-refractivity contribution in [3.05, 3.63) is 0 Å². The van der Waals surface area contributed by atoms with Crippen LogP contribution < -0.4 is 10.6 Å². The third kappa shape index (κ3) is 12.8. The lowest BCUT2D eigenvalue weighted by molar-refractivity contribution is -0.388. The molecular weight excluding hydrogens is 988 g/mol. The van der Waals surface area contributed by atoms with Crippen LogP contribution >= 0.6 is 0 Å². The van der Waals surface area contributed by atoms with E-state index in [-0.39, 0.29) is 6.61 Å². The van der Waals surface area contributed by atoms with Crippen molar-refractivity contribution in [1.29, 1.82) is 0 Å². The monoisotopic (exact) mass is 1060 g/mol. The Hall–Kier alpha value is -2.18. The Morgan fingerprint density at radius 1 is 0.403 bits per heavy atom. The molecule has 0 aromatic heterocycles. The zero-order valence-electron chi connectivity index (χ0n) is 38.6. The fourth-order valence-corrected chi connectivity index (χ4v) is 9.15. The summed E-state index contributed by atoms with van der Waals surface area (Å²) in [5, 5.41) is 186. The first-order valence-electron chi connectivity index (χ1n) is 23.0. The molecule has 0 unspecified atom stereocenters. The lowest BCUT2D eigenvalue weighted by Gasteiger charge is -2.49. The van der Waals surface area contributed by atoms with Crippen LogP contribution in [0.3, 0.4) is 0 Å². The lowest BCUT2D eigenvalue weighted by atomic mass is 9.94. The van der Waals surface area contributed by atoms with Crippen molar-refractivity contribution in [2.24, 2.45) is 0 Å². The number of aliphatic hydroxyl groups is 17. The van der Waals surface area contributed by atoms with E-state index in [1.807, 2.05) is 0 Å². The maximum atomic E-state index is 12.4. The largest absolute Gasteiger partial charge is 0.394 e. The predicted molar refractivity (Wildman–Crippen MR) is 221 cm³/mol. The van der Waals surface area contributed by atoms with Gasteiger partial charge in [0.2, 0.25) is 11.8 Å². The Labute approximate surface area is 408 Å². The smallest absolute Gasteiger partial charge is 0.217 e. The fourth-order valence-electron chi connectivity index (χ4n) is 9.15. The molecule has 6 fully saturated rings. The fraction of sp³-hybridized carbons (Fsp3) is 0.950. The average molecular weight is 1060 g/mol. The molecule has 6 rings (SSSR count). The van der Waals surface area contributed by atoms with Crippen molar-refractivity contribution in [2.75, 3.05) is 46.2 Å². The van der Waals surface area contributed by atoms with E-state index < -0.39 is 229 Å². The van der Waals surface area contributed by atoms with Gasteiger partial charge in [-0.25, -0.2) is 0 Å². The van der Waals surface area contributed by atoms with E-state index in [0.29, 0.717) is 0 Å². The number of ether oxygens (including phenoxy) is 11. The summed E-state index contributed by atoms with van der Waals surface area (Å²) in [6.45, 7) is -3.31. The standard InChI is InChI=1S/C40H68N2O30/c1-10(48)41-12-8-62-15(5-45)32(20(12)50)69-36-19(42-11(2)49)24(54)33(16(6-46)66-36)70-38-30(60)26(56)23(53)18(68-38)9-63-40-35(27(57)22(52)14(4-44)65-40)72-39-31(61)28(58)34(17(7-47)67-39)71-37-29(59)25(55)21(51)13(3-43)64-37/h12-40,43-47,50-61H,3-9H2,1-2H3,(H,41,48)(H,42,49)/t12-,13+,14+,15+,16+,17+,18+,19+,20+,21+,22+,23+,24+,25-,26-,27-,28+,29-,30-,31-,32+,33+,34+,35-,36-,37-,38-,39-,40-/m0/s1. The number of carbonyl (C=O) groups is 2. The van der Waals surface area contributed by atoms with E-state index in [9.17, 15) is 96.4 Å². The number of rotatable bonds is 18. The number of amides is 2. The van der Waals surface area contributed by atoms with E-state index >= 15 is 0 Å². The second-order valence-electron chi connectivity index (χ2n) is 18.2. The van der Waals surface area contributed by atoms with Crippen LogP contribution in [-0.4, -0.2) is 323 Å². The van der Waals surface area contributed by atoms with E-state index in [0.717, 1.165) is 6.92 Å². The van der Waals surface area contributed by atoms with Gasteiger partial charge in [0.15, 0.2) is 31.5 Å². The number of nitrogens with one attached hydrogen (secondary N) is 2. The second-order valence-corrected chi connectivity index (χ2v) is 18.2. The minimum Gasteiger partial charge on any atom is -0.394 e. The summed E-state index contributed by atoms with van der Waals surface area (Å²) in [4.78, 5) is 24.2. The number of hydrogen-bond acceptors (Lipinski definition) is 30. The molecule has 6 aliphatic rings. The average Bonchev–Trinajstić information content (AvgIpc) is 3.35. The van der Waals surface area contributed by atoms with Crippen molar-refractivity contribution in [3.63, 3.8) is 0 Å². The molecule has 6 saturated heterocycles. The molecule has 0 radical (unpaired) electrons. The molecule has 29 atom stereocenters. The maximum Gasteiger partial charge on any atom is 0.217 e. The van der Waals surface area contributed by atoms with Crippen molar-refractivity contribution in [3.8, 4) is 0 Å². The normalized spacial score (nSPS) is 49.2. The van der Waals surface area contributed by atoms with Gasteiger partial charge in [0.25, 0.3) is 0 Å². The van der Waals surface area contributed by atoms with Crippen LogP contribution in [0.4, 0.5) is 0 Å². The van der Waals surface area contributed by atoms with Gasteiger partial charge in [-0.05, 0) is 0 Å². The molecule has 32 nitrogen and oxygen atoms in total. The summed E-state index contributed by atoms with van der Waals surface area (Å²) < 4.78 is 62.7. The van der Waals surface area contributed by atoms with Crippen LogP contribution in [0.15, 0.2) is 0 Å². The zero-order valence-corrected chi connectivity index (χ0v) is 38.6. The highest BCUT2D eigenvalue weighted by molar-refractivity contribution is 5.73. The summed E-state index contributed by atoms with van der Waals surface area (Å²) in [7, 11) is 0. The van der Waals surface area contributed by atoms with Crippen LogP contribution in [0.5, 0.6) is 0 Å². The molecule has 19 N–H and O–H groups in total. The molecule has 0 aliphatic carbocycles. The van der Waals surface area contributed by atoms with Crippen molar-refractivity contribution in [1.82, 2.24) is 10.6 Å². The highest BCUT2D eigenvalue weighted by Crippen LogP contribution is 2.35. The highest BCUT2D eigenvalue weighted by atomic mass is 16.8. The molecular formula is C40H68N2O30. The molecule has 0 aromatic rings. The van der Waals surface area contributed by atoms with Gasteiger partial charge in [-0.1, -0.05) is 0 Å². The molecule has 72 heavy (non-hydrogen) atoms. The van der Waals surface area contributed by atoms with E-state index in [1.165, 1.54) is 6.92 Å². The first kappa shape index (κ1) is 59.1. The summed E-state index contributed by atoms with van der Waals surface area (Å²) in [5.41, 5.74) is 0. The molecule has 6 aliphatic heterocycles. The van der Waals surface area contributed by atoms with Crippen LogP contribution in [-0.2, 0) is 61.7 Å². The quantitative estimate of drug-likeness (QED) is 0.0606. The van der Waals surface area contributed by atoms with Gasteiger partial charge in [-0.3, -0.25) is 9.59 Å². The first-order chi connectivity index (χ1) is 34.1. The highest BCUT2D eigenvalue weighted by Gasteiger charge is 2.56. The van der Waals surface area contributed by atoms with E-state index in [4.69, 9.17) is 52.1 Å². The minimum atomic E-state index is -2.16. The third-order valence-corrected chi connectivity index (χ3v) is 13.1. The van der Waals surface area contributed by atoms with Crippen LogP contribution in [0.25, 0.3) is 0 Å². The molecule has 0 saturated carbocycles. The molecule has 0 spiro atoms. The minimum absolute atomic E-state index is 0.231. The number of carbonyl (C=O) groups excluding carboxylic acids is 2. The Balaban J connectivity index is 1.15. The Morgan fingerprint density at radius 2 is 0.778 bits per heavy atom.